The first-order valence-electron chi connectivity index (χ1n) is 8.14. The van der Waals surface area contributed by atoms with Crippen LogP contribution in [-0.4, -0.2) is 41.1 Å². The van der Waals surface area contributed by atoms with Gasteiger partial charge in [-0.15, -0.1) is 0 Å². The number of alkyl halides is 3. The summed E-state index contributed by atoms with van der Waals surface area (Å²) in [7, 11) is 1.45. The van der Waals surface area contributed by atoms with E-state index < -0.39 is 30.0 Å². The predicted octanol–water partition coefficient (Wildman–Crippen LogP) is 2.49. The first kappa shape index (κ1) is 19.3. The number of halogens is 3. The Labute approximate surface area is 143 Å². The molecule has 0 saturated heterocycles. The van der Waals surface area contributed by atoms with Crippen LogP contribution in [0.5, 0.6) is 0 Å². The number of amides is 2. The fourth-order valence-corrected chi connectivity index (χ4v) is 3.08. The van der Waals surface area contributed by atoms with Gasteiger partial charge in [-0.3, -0.25) is 9.59 Å². The van der Waals surface area contributed by atoms with Gasteiger partial charge in [0, 0.05) is 18.7 Å². The molecule has 0 aromatic carbocycles. The highest BCUT2D eigenvalue weighted by atomic mass is 19.4. The van der Waals surface area contributed by atoms with Gasteiger partial charge < -0.3 is 14.7 Å². The van der Waals surface area contributed by atoms with Crippen LogP contribution in [0.3, 0.4) is 0 Å². The maximum Gasteiger partial charge on any atom is 0.391 e. The van der Waals surface area contributed by atoms with Gasteiger partial charge in [0.1, 0.15) is 5.76 Å². The molecule has 0 spiro atoms. The Morgan fingerprint density at radius 2 is 2.00 bits per heavy atom. The van der Waals surface area contributed by atoms with Crippen molar-refractivity contribution < 1.29 is 27.3 Å². The Hall–Kier alpha value is -2.06. The minimum atomic E-state index is -4.27. The molecule has 1 aromatic rings. The van der Waals surface area contributed by atoms with Crippen molar-refractivity contribution in [3.63, 3.8) is 0 Å². The lowest BCUT2D eigenvalue weighted by atomic mass is 9.85. The number of likely N-dealkylation sites (N-methyl/N-ethyl adjacent to an activating group) is 1. The van der Waals surface area contributed by atoms with Gasteiger partial charge in [0.05, 0.1) is 18.2 Å². The molecule has 1 heterocycles. The second-order valence-electron chi connectivity index (χ2n) is 6.54. The fraction of sp³-hybridized carbons (Fsp3) is 0.688. The second kappa shape index (κ2) is 7.45. The number of aryl methyl sites for hydroxylation is 2. The molecule has 2 amide bonds. The molecule has 2 rings (SSSR count). The van der Waals surface area contributed by atoms with Crippen molar-refractivity contribution in [3.05, 3.63) is 17.0 Å². The van der Waals surface area contributed by atoms with Crippen LogP contribution in [0.1, 0.15) is 42.7 Å². The molecule has 0 radical (unpaired) electrons. The number of rotatable bonds is 3. The van der Waals surface area contributed by atoms with Crippen LogP contribution < -0.4 is 5.32 Å². The summed E-state index contributed by atoms with van der Waals surface area (Å²) in [6, 6.07) is -0.635. The van der Waals surface area contributed by atoms with Crippen molar-refractivity contribution >= 4 is 11.8 Å². The first-order chi connectivity index (χ1) is 11.6. The van der Waals surface area contributed by atoms with Crippen LogP contribution in [0.15, 0.2) is 4.52 Å². The number of nitrogens with zero attached hydrogens (tertiary/aromatic N) is 2. The molecule has 1 N–H and O–H groups in total. The average Bonchev–Trinajstić information content (AvgIpc) is 2.85. The fourth-order valence-electron chi connectivity index (χ4n) is 3.08. The third kappa shape index (κ3) is 4.73. The van der Waals surface area contributed by atoms with Gasteiger partial charge in [-0.05, 0) is 33.1 Å². The summed E-state index contributed by atoms with van der Waals surface area (Å²) in [4.78, 5) is 25.5. The maximum absolute atomic E-state index is 12.8. The Morgan fingerprint density at radius 3 is 2.56 bits per heavy atom. The number of hydrogen-bond acceptors (Lipinski definition) is 4. The molecule has 1 aromatic heterocycles. The molecule has 0 aliphatic heterocycles. The summed E-state index contributed by atoms with van der Waals surface area (Å²) >= 11 is 0. The van der Waals surface area contributed by atoms with Crippen LogP contribution >= 0.6 is 0 Å². The normalized spacial score (nSPS) is 21.0. The van der Waals surface area contributed by atoms with E-state index in [9.17, 15) is 22.8 Å². The minimum absolute atomic E-state index is 0.0652. The molecular formula is C16H22F3N3O3. The molecule has 6 nitrogen and oxygen atoms in total. The average molecular weight is 361 g/mol. The molecule has 0 unspecified atom stereocenters. The standard InChI is InChI=1S/C16H22F3N3O3/c1-9-13(10(2)25-21-9)8-22(3)15(24)14(23)20-12-6-4-5-11(7-12)16(17,18)19/h11-12H,4-8H2,1-3H3,(H,20,23)/t11-,12-/m0/s1. The van der Waals surface area contributed by atoms with E-state index in [0.717, 1.165) is 0 Å². The molecule has 1 aliphatic rings. The molecule has 1 aliphatic carbocycles. The van der Waals surface area contributed by atoms with Gasteiger partial charge in [0.2, 0.25) is 0 Å². The monoisotopic (exact) mass is 361 g/mol. The highest BCUT2D eigenvalue weighted by Gasteiger charge is 2.42. The number of hydrogen-bond donors (Lipinski definition) is 1. The number of carbonyl (C=O) groups excluding carboxylic acids is 2. The summed E-state index contributed by atoms with van der Waals surface area (Å²) in [6.45, 7) is 3.57. The van der Waals surface area contributed by atoms with Gasteiger partial charge >= 0.3 is 18.0 Å². The molecule has 25 heavy (non-hydrogen) atoms. The summed E-state index contributed by atoms with van der Waals surface area (Å²) in [6.07, 6.45) is -3.57. The second-order valence-corrected chi connectivity index (χ2v) is 6.54. The third-order valence-electron chi connectivity index (χ3n) is 4.59. The van der Waals surface area contributed by atoms with Crippen LogP contribution in [0.2, 0.25) is 0 Å². The molecule has 140 valence electrons. The van der Waals surface area contributed by atoms with Crippen molar-refractivity contribution in [3.8, 4) is 0 Å². The predicted molar refractivity (Wildman–Crippen MR) is 82.4 cm³/mol. The number of nitrogens with one attached hydrogen (secondary N) is 1. The molecule has 1 fully saturated rings. The van der Waals surface area contributed by atoms with E-state index in [1.165, 1.54) is 11.9 Å². The molecule has 0 bridgehead atoms. The maximum atomic E-state index is 12.8. The van der Waals surface area contributed by atoms with Crippen molar-refractivity contribution in [2.75, 3.05) is 7.05 Å². The zero-order valence-electron chi connectivity index (χ0n) is 14.4. The highest BCUT2D eigenvalue weighted by Crippen LogP contribution is 2.37. The van der Waals surface area contributed by atoms with E-state index in [2.05, 4.69) is 10.5 Å². The SMILES string of the molecule is Cc1noc(C)c1CN(C)C(=O)C(=O)N[C@H]1CCC[C@H](C(F)(F)F)C1. The van der Waals surface area contributed by atoms with E-state index in [-0.39, 0.29) is 19.4 Å². The van der Waals surface area contributed by atoms with E-state index in [4.69, 9.17) is 4.52 Å². The van der Waals surface area contributed by atoms with E-state index in [0.29, 0.717) is 29.9 Å². The Bertz CT molecular complexity index is 623. The lowest BCUT2D eigenvalue weighted by molar-refractivity contribution is -0.184. The van der Waals surface area contributed by atoms with E-state index >= 15 is 0 Å². The number of carbonyl (C=O) groups is 2. The summed E-state index contributed by atoms with van der Waals surface area (Å²) < 4.78 is 43.5. The van der Waals surface area contributed by atoms with Gasteiger partial charge in [-0.25, -0.2) is 0 Å². The van der Waals surface area contributed by atoms with Crippen molar-refractivity contribution in [1.82, 2.24) is 15.4 Å². The Kier molecular flexibility index (Phi) is 5.74. The molecule has 1 saturated carbocycles. The Balaban J connectivity index is 1.92. The topological polar surface area (TPSA) is 75.4 Å². The van der Waals surface area contributed by atoms with Crippen LogP contribution in [0.4, 0.5) is 13.2 Å². The van der Waals surface area contributed by atoms with Crippen LogP contribution in [0, 0.1) is 19.8 Å². The lowest BCUT2D eigenvalue weighted by Gasteiger charge is -2.31. The van der Waals surface area contributed by atoms with Crippen molar-refractivity contribution in [2.24, 2.45) is 5.92 Å². The minimum Gasteiger partial charge on any atom is -0.361 e. The zero-order valence-corrected chi connectivity index (χ0v) is 14.4. The van der Waals surface area contributed by atoms with Gasteiger partial charge in [-0.1, -0.05) is 11.6 Å². The smallest absolute Gasteiger partial charge is 0.361 e. The quantitative estimate of drug-likeness (QED) is 0.840. The van der Waals surface area contributed by atoms with Crippen LogP contribution in [0.25, 0.3) is 0 Å². The largest absolute Gasteiger partial charge is 0.391 e. The van der Waals surface area contributed by atoms with Crippen molar-refractivity contribution in [1.29, 1.82) is 0 Å². The number of aromatic nitrogens is 1. The van der Waals surface area contributed by atoms with E-state index in [1.807, 2.05) is 0 Å². The van der Waals surface area contributed by atoms with Crippen LogP contribution in [-0.2, 0) is 16.1 Å². The molecule has 2 atom stereocenters. The summed E-state index contributed by atoms with van der Waals surface area (Å²) in [5.41, 5.74) is 1.33. The molecular weight excluding hydrogens is 339 g/mol. The van der Waals surface area contributed by atoms with Gasteiger partial charge in [0.15, 0.2) is 0 Å². The van der Waals surface area contributed by atoms with E-state index in [1.54, 1.807) is 13.8 Å². The van der Waals surface area contributed by atoms with Crippen molar-refractivity contribution in [2.45, 2.75) is 58.3 Å². The first-order valence-corrected chi connectivity index (χ1v) is 8.14. The third-order valence-corrected chi connectivity index (χ3v) is 4.59. The summed E-state index contributed by atoms with van der Waals surface area (Å²) in [5.74, 6) is -2.56. The van der Waals surface area contributed by atoms with Gasteiger partial charge in [0.25, 0.3) is 0 Å². The molecule has 9 heteroatoms. The van der Waals surface area contributed by atoms with Gasteiger partial charge in [-0.2, -0.15) is 13.2 Å². The Morgan fingerprint density at radius 1 is 1.32 bits per heavy atom. The highest BCUT2D eigenvalue weighted by molar-refractivity contribution is 6.34. The lowest BCUT2D eigenvalue weighted by Crippen LogP contribution is -2.47. The summed E-state index contributed by atoms with van der Waals surface area (Å²) in [5, 5.41) is 6.22. The zero-order chi connectivity index (χ0) is 18.8.